The second kappa shape index (κ2) is 60.9. The summed E-state index contributed by atoms with van der Waals surface area (Å²) in [5.41, 5.74) is 8.04. The highest BCUT2D eigenvalue weighted by molar-refractivity contribution is 5.92. The Morgan fingerprint density at radius 2 is 1.03 bits per heavy atom. The number of allylic oxidation sites excluding steroid dienone is 7. The van der Waals surface area contributed by atoms with Crippen LogP contribution < -0.4 is 0 Å². The van der Waals surface area contributed by atoms with E-state index in [-0.39, 0.29) is 29.2 Å². The summed E-state index contributed by atoms with van der Waals surface area (Å²) in [7, 11) is 0. The molecule has 0 aromatic carbocycles. The van der Waals surface area contributed by atoms with E-state index in [1.165, 1.54) is 172 Å². The van der Waals surface area contributed by atoms with Crippen LogP contribution in [0.3, 0.4) is 0 Å². The number of ether oxygens (including phenoxy) is 3. The maximum absolute atomic E-state index is 12.1. The molecule has 2 unspecified atom stereocenters. The fraction of sp³-hybridized carbons (Fsp3) is 0.732. The van der Waals surface area contributed by atoms with Crippen LogP contribution in [-0.2, 0) is 28.6 Å². The van der Waals surface area contributed by atoms with Crippen LogP contribution >= 0.6 is 0 Å². The Morgan fingerprint density at radius 1 is 0.564 bits per heavy atom. The molecule has 0 aromatic rings. The molecule has 78 heavy (non-hydrogen) atoms. The van der Waals surface area contributed by atoms with Crippen LogP contribution in [0.25, 0.3) is 0 Å². The van der Waals surface area contributed by atoms with Gasteiger partial charge < -0.3 is 19.1 Å². The molecule has 7 nitrogen and oxygen atoms in total. The Balaban J connectivity index is -0.00000106. The van der Waals surface area contributed by atoms with E-state index < -0.39 is 0 Å². The Morgan fingerprint density at radius 3 is 1.49 bits per heavy atom. The smallest absolute Gasteiger partial charge is 0.155 e. The van der Waals surface area contributed by atoms with Gasteiger partial charge in [-0.25, -0.2) is 0 Å². The fourth-order valence-electron chi connectivity index (χ4n) is 9.41. The maximum atomic E-state index is 12.1. The molecule has 450 valence electrons. The van der Waals surface area contributed by atoms with Crippen LogP contribution in [0.15, 0.2) is 98.3 Å². The third kappa shape index (κ3) is 51.7. The number of nitrogens with zero attached hydrogens (tertiary/aromatic N) is 1. The highest BCUT2D eigenvalue weighted by Crippen LogP contribution is 2.30. The van der Waals surface area contributed by atoms with Gasteiger partial charge in [0.2, 0.25) is 0 Å². The van der Waals surface area contributed by atoms with Gasteiger partial charge in [-0.05, 0) is 106 Å². The zero-order valence-electron chi connectivity index (χ0n) is 52.6. The normalized spacial score (nSPS) is 14.2. The molecule has 4 atom stereocenters. The molecule has 1 heterocycles. The van der Waals surface area contributed by atoms with Crippen molar-refractivity contribution in [2.45, 2.75) is 286 Å². The number of ketones is 3. The number of likely N-dealkylation sites (tertiary alicyclic amines) is 1. The molecule has 0 saturated carbocycles. The van der Waals surface area contributed by atoms with Crippen molar-refractivity contribution in [1.82, 2.24) is 4.90 Å². The summed E-state index contributed by atoms with van der Waals surface area (Å²) < 4.78 is 17.1. The van der Waals surface area contributed by atoms with Gasteiger partial charge in [0.05, 0.1) is 6.61 Å². The number of carbonyl (C=O) groups excluding carboxylic acids is 3. The maximum Gasteiger partial charge on any atom is 0.155 e. The van der Waals surface area contributed by atoms with Crippen LogP contribution in [0.5, 0.6) is 0 Å². The Kier molecular flexibility index (Phi) is 61.3. The van der Waals surface area contributed by atoms with Gasteiger partial charge in [-0.3, -0.25) is 14.4 Å². The van der Waals surface area contributed by atoms with Gasteiger partial charge in [-0.15, -0.1) is 12.3 Å². The molecule has 1 fully saturated rings. The van der Waals surface area contributed by atoms with Crippen LogP contribution in [-0.4, -0.2) is 61.4 Å². The van der Waals surface area contributed by atoms with E-state index in [1.807, 2.05) is 13.0 Å². The third-order valence-corrected chi connectivity index (χ3v) is 14.5. The van der Waals surface area contributed by atoms with Crippen molar-refractivity contribution in [2.24, 2.45) is 17.8 Å². The first-order valence-electron chi connectivity index (χ1n) is 31.9. The monoisotopic (exact) mass is 1090 g/mol. The van der Waals surface area contributed by atoms with E-state index in [9.17, 15) is 14.4 Å². The Hall–Kier alpha value is -3.73. The standard InChI is InChI=1S/C28H50O4.C22H34O2.C12H21N.C9H20/c1-5-9-11-13-15-17-20-30-25-31-22-19-26(23-27(29)7-3)24-28(8-4)32-21-18-16-14-12-10-6-2;1-5-8-9-10-11-12-13-14-15-22(24)18-20(16-19(4)6-2)17-21(23)7-3;1-5-10(4)13-9-11(6-2)8-12(13)7-3;1-3-5-7-9-8-6-4-2/h7,26H,3-6,9-25H2,1-2H3;7,14-15,20H,2-3,5,8-13,16-18H2,1,4H3;6,11-12H,2,4-5,7-9H2,1,3H3;3-9H2,1-2H3/b;15-14-;;/t;;11-,12+;/m..0./s1. The summed E-state index contributed by atoms with van der Waals surface area (Å²) in [6, 6.07) is 0.704. The molecule has 1 rings (SSSR count). The van der Waals surface area contributed by atoms with Crippen LogP contribution in [0, 0.1) is 17.8 Å². The van der Waals surface area contributed by atoms with E-state index in [1.54, 1.807) is 6.08 Å². The molecule has 0 bridgehead atoms. The molecule has 1 aliphatic heterocycles. The average Bonchev–Trinajstić information content (AvgIpc) is 3.88. The molecule has 1 aliphatic rings. The zero-order valence-corrected chi connectivity index (χ0v) is 52.6. The van der Waals surface area contributed by atoms with E-state index >= 15 is 0 Å². The van der Waals surface area contributed by atoms with Gasteiger partial charge in [0, 0.05) is 57.2 Å². The van der Waals surface area contributed by atoms with E-state index in [0.717, 1.165) is 63.0 Å². The second-order valence-corrected chi connectivity index (χ2v) is 21.8. The van der Waals surface area contributed by atoms with Gasteiger partial charge in [-0.1, -0.05) is 241 Å². The third-order valence-electron chi connectivity index (χ3n) is 14.5. The number of unbranched alkanes of at least 4 members (excludes halogenated alkanes) is 22. The molecule has 0 radical (unpaired) electrons. The number of hydrogen-bond acceptors (Lipinski definition) is 7. The number of rotatable bonds is 50. The lowest BCUT2D eigenvalue weighted by Gasteiger charge is -2.27. The van der Waals surface area contributed by atoms with Crippen molar-refractivity contribution >= 4 is 17.3 Å². The van der Waals surface area contributed by atoms with Crippen LogP contribution in [0.4, 0.5) is 0 Å². The van der Waals surface area contributed by atoms with E-state index in [0.29, 0.717) is 64.1 Å². The molecule has 0 N–H and O–H groups in total. The topological polar surface area (TPSA) is 82.1 Å². The van der Waals surface area contributed by atoms with Crippen molar-refractivity contribution in [3.63, 3.8) is 0 Å². The van der Waals surface area contributed by atoms with E-state index in [2.05, 4.69) is 110 Å². The summed E-state index contributed by atoms with van der Waals surface area (Å²) in [5, 5.41) is 0. The lowest BCUT2D eigenvalue weighted by atomic mass is 9.90. The lowest BCUT2D eigenvalue weighted by molar-refractivity contribution is -0.118. The van der Waals surface area contributed by atoms with Gasteiger partial charge in [0.15, 0.2) is 17.3 Å². The van der Waals surface area contributed by atoms with Gasteiger partial charge in [0.1, 0.15) is 12.6 Å². The molecular formula is C71H125NO6. The van der Waals surface area contributed by atoms with Crippen molar-refractivity contribution in [1.29, 1.82) is 0 Å². The predicted molar refractivity (Wildman–Crippen MR) is 340 cm³/mol. The van der Waals surface area contributed by atoms with Crippen molar-refractivity contribution in [2.75, 3.05) is 33.2 Å². The van der Waals surface area contributed by atoms with Crippen molar-refractivity contribution in [3.8, 4) is 0 Å². The van der Waals surface area contributed by atoms with Crippen molar-refractivity contribution in [3.05, 3.63) is 98.3 Å². The molecule has 0 spiro atoms. The predicted octanol–water partition coefficient (Wildman–Crippen LogP) is 21.0. The molecule has 0 aliphatic carbocycles. The SMILES string of the molecule is C=C=C(C)CC(CC(=O)C=C)CC(=O)/C=C\CCCCCCCC.C=C=C(CC(CCOCOCCCCCCCC)CC(=O)C=C)OCCCCCCCC.C=C[C@H]1C[C@@H](CC)N(C(=C)CC)C1.CCCCCCCCC. The summed E-state index contributed by atoms with van der Waals surface area (Å²) in [4.78, 5) is 38.1. The summed E-state index contributed by atoms with van der Waals surface area (Å²) in [5.74, 6) is 1.70. The van der Waals surface area contributed by atoms with Gasteiger partial charge in [0.25, 0.3) is 0 Å². The quantitative estimate of drug-likeness (QED) is 0.0150. The minimum atomic E-state index is -0.0132. The second-order valence-electron chi connectivity index (χ2n) is 21.8. The Labute approximate surface area is 484 Å². The highest BCUT2D eigenvalue weighted by Gasteiger charge is 2.29. The Bertz CT molecular complexity index is 1610. The summed E-state index contributed by atoms with van der Waals surface area (Å²) in [6.07, 6.45) is 48.7. The number of hydrogen-bond donors (Lipinski definition) is 0. The first-order chi connectivity index (χ1) is 37.8. The first kappa shape index (κ1) is 78.5. The average molecular weight is 1090 g/mol. The molecule has 7 heteroatoms. The summed E-state index contributed by atoms with van der Waals surface area (Å²) in [6.45, 7) is 43.5. The largest absolute Gasteiger partial charge is 0.490 e. The van der Waals surface area contributed by atoms with Crippen LogP contribution in [0.1, 0.15) is 280 Å². The minimum Gasteiger partial charge on any atom is -0.490 e. The summed E-state index contributed by atoms with van der Waals surface area (Å²) >= 11 is 0. The number of carbonyl (C=O) groups is 3. The van der Waals surface area contributed by atoms with Gasteiger partial charge >= 0.3 is 0 Å². The lowest BCUT2D eigenvalue weighted by Crippen LogP contribution is -2.27. The van der Waals surface area contributed by atoms with Crippen LogP contribution in [0.2, 0.25) is 0 Å². The minimum absolute atomic E-state index is 0.0101. The fourth-order valence-corrected chi connectivity index (χ4v) is 9.41. The molecule has 1 saturated heterocycles. The van der Waals surface area contributed by atoms with Crippen molar-refractivity contribution < 1.29 is 28.6 Å². The molecule has 0 amide bonds. The van der Waals surface area contributed by atoms with E-state index in [4.69, 9.17) is 14.2 Å². The molecular weight excluding hydrogens is 963 g/mol. The van der Waals surface area contributed by atoms with Gasteiger partial charge in [-0.2, -0.15) is 0 Å². The first-order valence-corrected chi connectivity index (χ1v) is 31.9. The highest BCUT2D eigenvalue weighted by atomic mass is 16.7. The zero-order chi connectivity index (χ0) is 58.7. The molecule has 0 aromatic heterocycles.